The Balaban J connectivity index is 0.805. The fourth-order valence-corrected chi connectivity index (χ4v) is 10.2. The van der Waals surface area contributed by atoms with Gasteiger partial charge < -0.3 is 45.7 Å². The number of hydrogen-bond acceptors (Lipinski definition) is 14. The molecule has 0 spiro atoms. The van der Waals surface area contributed by atoms with Crippen molar-refractivity contribution in [1.82, 2.24) is 41.0 Å². The van der Waals surface area contributed by atoms with Crippen molar-refractivity contribution in [3.8, 4) is 11.4 Å². The number of imide groups is 1. The zero-order valence-corrected chi connectivity index (χ0v) is 41.7. The van der Waals surface area contributed by atoms with Gasteiger partial charge in [-0.2, -0.15) is 0 Å². The highest BCUT2D eigenvalue weighted by Gasteiger charge is 2.46. The predicted octanol–water partition coefficient (Wildman–Crippen LogP) is 1.60. The number of aryl methyl sites for hydroxylation is 1. The molecule has 3 atom stereocenters. The number of aliphatic hydroxyl groups is 1. The average molecular weight is 1040 g/mol. The summed E-state index contributed by atoms with van der Waals surface area (Å²) in [6.07, 6.45) is 2.86. The lowest BCUT2D eigenvalue weighted by Crippen LogP contribution is -2.44. The SMILES string of the molecule is CC[C@@]1(O)C(=O)OCc2c1cc1n(c2=O)Cc2c-1nc1cc(F)c(C)c3c1c2[C@@H](NC(=O)COCNC(=O)CNC(=O)[C@@H](CC(=O)CNC(=O)CNC(=O)CCCCCN1C(=O)CCC1=O)Cc1ccccc1)CC3. The van der Waals surface area contributed by atoms with Crippen LogP contribution in [0.15, 0.2) is 47.3 Å². The van der Waals surface area contributed by atoms with Crippen LogP contribution in [0.2, 0.25) is 0 Å². The maximum absolute atomic E-state index is 15.4. The summed E-state index contributed by atoms with van der Waals surface area (Å²) >= 11 is 0. The van der Waals surface area contributed by atoms with Gasteiger partial charge in [0, 0.05) is 60.7 Å². The van der Waals surface area contributed by atoms with E-state index in [0.717, 1.165) is 11.1 Å². The summed E-state index contributed by atoms with van der Waals surface area (Å²) in [5.41, 5.74) is 1.95. The second-order valence-electron chi connectivity index (χ2n) is 19.2. The van der Waals surface area contributed by atoms with Crippen LogP contribution in [0.3, 0.4) is 0 Å². The summed E-state index contributed by atoms with van der Waals surface area (Å²) < 4.78 is 27.5. The molecule has 6 N–H and O–H groups in total. The smallest absolute Gasteiger partial charge is 0.343 e. The molecular formula is C53H59FN8O13. The van der Waals surface area contributed by atoms with Gasteiger partial charge in [-0.25, -0.2) is 14.2 Å². The van der Waals surface area contributed by atoms with Gasteiger partial charge in [-0.3, -0.25) is 48.1 Å². The number of halogens is 1. The van der Waals surface area contributed by atoms with Crippen molar-refractivity contribution in [2.24, 2.45) is 5.92 Å². The van der Waals surface area contributed by atoms with Crippen LogP contribution in [0.1, 0.15) is 110 Å². The number of hydrogen-bond donors (Lipinski definition) is 6. The number of amides is 7. The van der Waals surface area contributed by atoms with Crippen molar-refractivity contribution in [1.29, 1.82) is 0 Å². The third-order valence-corrected chi connectivity index (χ3v) is 14.3. The second-order valence-corrected chi connectivity index (χ2v) is 19.2. The Hall–Kier alpha value is -7.72. The van der Waals surface area contributed by atoms with Crippen LogP contribution in [0.25, 0.3) is 22.3 Å². The number of benzene rings is 2. The van der Waals surface area contributed by atoms with E-state index in [-0.39, 0.29) is 87.1 Å². The maximum atomic E-state index is 15.4. The van der Waals surface area contributed by atoms with Crippen molar-refractivity contribution in [2.75, 3.05) is 39.5 Å². The van der Waals surface area contributed by atoms with E-state index in [4.69, 9.17) is 14.5 Å². The molecule has 0 radical (unpaired) electrons. The summed E-state index contributed by atoms with van der Waals surface area (Å²) in [5, 5.41) is 25.0. The highest BCUT2D eigenvalue weighted by atomic mass is 19.1. The monoisotopic (exact) mass is 1030 g/mol. The highest BCUT2D eigenvalue weighted by molar-refractivity contribution is 6.02. The maximum Gasteiger partial charge on any atom is 0.343 e. The van der Waals surface area contributed by atoms with Gasteiger partial charge in [0.1, 0.15) is 25.8 Å². The number of carbonyl (C=O) groups excluding carboxylic acids is 9. The van der Waals surface area contributed by atoms with Crippen molar-refractivity contribution in [2.45, 2.75) is 109 Å². The summed E-state index contributed by atoms with van der Waals surface area (Å²) in [6.45, 7) is 1.19. The lowest BCUT2D eigenvalue weighted by molar-refractivity contribution is -0.172. The molecule has 21 nitrogen and oxygen atoms in total. The number of fused-ring (bicyclic) bond motifs is 5. The molecule has 5 heterocycles. The Morgan fingerprint density at radius 1 is 0.867 bits per heavy atom. The van der Waals surface area contributed by atoms with Gasteiger partial charge in [-0.15, -0.1) is 0 Å². The number of nitrogens with one attached hydrogen (secondary N) is 5. The van der Waals surface area contributed by atoms with E-state index in [2.05, 4.69) is 26.6 Å². The highest BCUT2D eigenvalue weighted by Crippen LogP contribution is 2.46. The van der Waals surface area contributed by atoms with Gasteiger partial charge in [0.05, 0.1) is 54.7 Å². The standard InChI is InChI=1S/C53H59FN8O13/c1-3-53(73)36-20-40-49-34(25-62(40)51(71)35(36)26-75-52(53)72)48-38(14-13-33-29(2)37(54)21-39(60-49)47(33)48)59-44(67)27-74-28-58-43(66)24-57-50(70)31(18-30-10-6-4-7-11-30)19-32(63)22-55-42(65)23-56-41(64)12-8-5-9-17-61-45(68)15-16-46(61)69/h4,6-7,10-11,20-21,31,38,73H,3,5,8-9,12-19,22-28H2,1-2H3,(H,55,65)(H,56,64)(H,57,70)(H,58,66)(H,59,67)/t31-,38+,53+/m1/s1. The fourth-order valence-electron chi connectivity index (χ4n) is 10.2. The Morgan fingerprint density at radius 2 is 1.59 bits per heavy atom. The topological polar surface area (TPSA) is 291 Å². The molecule has 22 heteroatoms. The number of unbranched alkanes of at least 4 members (excludes halogenated alkanes) is 2. The van der Waals surface area contributed by atoms with E-state index in [9.17, 15) is 53.1 Å². The number of esters is 1. The Morgan fingerprint density at radius 3 is 2.33 bits per heavy atom. The van der Waals surface area contributed by atoms with Gasteiger partial charge in [0.25, 0.3) is 5.56 Å². The Bertz CT molecular complexity index is 3040. The molecule has 1 fully saturated rings. The van der Waals surface area contributed by atoms with E-state index in [1.807, 2.05) is 0 Å². The quantitative estimate of drug-likeness (QED) is 0.0235. The summed E-state index contributed by atoms with van der Waals surface area (Å²) in [7, 11) is 0. The molecule has 4 aromatic rings. The molecule has 0 saturated carbocycles. The molecular weight excluding hydrogens is 976 g/mol. The number of Topliss-reactive ketones (excluding diaryl/α,β-unsaturated/α-hetero) is 1. The molecule has 0 bridgehead atoms. The number of ether oxygens (including phenoxy) is 2. The molecule has 3 aliphatic heterocycles. The van der Waals surface area contributed by atoms with Gasteiger partial charge in [0.15, 0.2) is 11.4 Å². The van der Waals surface area contributed by atoms with E-state index in [0.29, 0.717) is 77.6 Å². The number of likely N-dealkylation sites (tertiary alicyclic amines) is 1. The zero-order valence-electron chi connectivity index (χ0n) is 41.7. The van der Waals surface area contributed by atoms with Gasteiger partial charge in [0.2, 0.25) is 41.4 Å². The molecule has 1 aliphatic carbocycles. The van der Waals surface area contributed by atoms with Crippen molar-refractivity contribution in [3.05, 3.63) is 97.6 Å². The van der Waals surface area contributed by atoms with Gasteiger partial charge >= 0.3 is 5.97 Å². The molecule has 4 aliphatic rings. The van der Waals surface area contributed by atoms with Crippen LogP contribution in [-0.2, 0) is 84.2 Å². The first-order valence-corrected chi connectivity index (χ1v) is 25.1. The van der Waals surface area contributed by atoms with Crippen LogP contribution in [0.5, 0.6) is 0 Å². The third kappa shape index (κ3) is 11.8. The van der Waals surface area contributed by atoms with Crippen LogP contribution in [-0.4, -0.2) is 112 Å². The number of rotatable bonds is 23. The first-order valence-electron chi connectivity index (χ1n) is 25.1. The Labute approximate surface area is 429 Å². The predicted molar refractivity (Wildman–Crippen MR) is 264 cm³/mol. The van der Waals surface area contributed by atoms with E-state index >= 15 is 4.39 Å². The molecule has 2 aromatic heterocycles. The minimum Gasteiger partial charge on any atom is -0.458 e. The first kappa shape index (κ1) is 53.6. The Kier molecular flexibility index (Phi) is 16.6. The minimum atomic E-state index is -2.05. The van der Waals surface area contributed by atoms with Crippen LogP contribution >= 0.6 is 0 Å². The second kappa shape index (κ2) is 23.2. The van der Waals surface area contributed by atoms with Crippen molar-refractivity contribution >= 4 is 64.0 Å². The van der Waals surface area contributed by atoms with Crippen molar-refractivity contribution in [3.63, 3.8) is 0 Å². The molecule has 1 saturated heterocycles. The normalized spacial score (nSPS) is 17.6. The van der Waals surface area contributed by atoms with Gasteiger partial charge in [-0.05, 0) is 73.8 Å². The fraction of sp³-hybridized carbons (Fsp3) is 0.453. The van der Waals surface area contributed by atoms with Crippen LogP contribution in [0, 0.1) is 18.7 Å². The number of nitrogens with zero attached hydrogens (tertiary/aromatic N) is 3. The lowest BCUT2D eigenvalue weighted by Gasteiger charge is -2.31. The van der Waals surface area contributed by atoms with Gasteiger partial charge in [-0.1, -0.05) is 43.7 Å². The zero-order chi connectivity index (χ0) is 53.6. The van der Waals surface area contributed by atoms with E-state index < -0.39 is 90.7 Å². The summed E-state index contributed by atoms with van der Waals surface area (Å²) in [4.78, 5) is 134. The number of cyclic esters (lactones) is 1. The number of aromatic nitrogens is 2. The largest absolute Gasteiger partial charge is 0.458 e. The number of ketones is 1. The number of pyridine rings is 2. The first-order chi connectivity index (χ1) is 36.0. The average Bonchev–Trinajstić information content (AvgIpc) is 3.97. The van der Waals surface area contributed by atoms with Crippen molar-refractivity contribution < 1.29 is 62.1 Å². The lowest BCUT2D eigenvalue weighted by atomic mass is 9.81. The molecule has 8 rings (SSSR count). The van der Waals surface area contributed by atoms with E-state index in [1.165, 1.54) is 15.5 Å². The molecule has 0 unspecified atom stereocenters. The molecule has 7 amide bonds. The summed E-state index contributed by atoms with van der Waals surface area (Å²) in [5.74, 6) is -5.85. The minimum absolute atomic E-state index is 0.0473. The molecule has 396 valence electrons. The third-order valence-electron chi connectivity index (χ3n) is 14.3. The van der Waals surface area contributed by atoms with E-state index in [1.54, 1.807) is 50.2 Å². The summed E-state index contributed by atoms with van der Waals surface area (Å²) in [6, 6.07) is 11.2. The van der Waals surface area contributed by atoms with Crippen LogP contribution < -0.4 is 32.1 Å². The van der Waals surface area contributed by atoms with Crippen LogP contribution in [0.4, 0.5) is 4.39 Å². The number of carbonyl (C=O) groups is 9. The molecule has 2 aromatic carbocycles. The molecule has 75 heavy (non-hydrogen) atoms.